The Kier molecular flexibility index (Phi) is 6.21. The van der Waals surface area contributed by atoms with Gasteiger partial charge >= 0.3 is 0 Å². The second kappa shape index (κ2) is 7.17. The number of hydrogen-bond acceptors (Lipinski definition) is 3. The average Bonchev–Trinajstić information content (AvgIpc) is 2.35. The number of hydrogen-bond donors (Lipinski definition) is 1. The predicted octanol–water partition coefficient (Wildman–Crippen LogP) is 1.59. The average molecular weight is 244 g/mol. The third-order valence-electron chi connectivity index (χ3n) is 3.39. The molecule has 0 saturated carbocycles. The first-order valence-electron chi connectivity index (χ1n) is 6.13. The van der Waals surface area contributed by atoms with Gasteiger partial charge in [0, 0.05) is 19.6 Å². The molecular weight excluding hydrogens is 220 g/mol. The van der Waals surface area contributed by atoms with Crippen LogP contribution >= 0.6 is 11.8 Å². The van der Waals surface area contributed by atoms with Crippen molar-refractivity contribution in [1.29, 1.82) is 0 Å². The van der Waals surface area contributed by atoms with Crippen LogP contribution in [0.1, 0.15) is 26.2 Å². The van der Waals surface area contributed by atoms with Crippen LogP contribution < -0.4 is 5.32 Å². The third kappa shape index (κ3) is 3.98. The van der Waals surface area contributed by atoms with Gasteiger partial charge in [-0.2, -0.15) is 11.8 Å². The highest BCUT2D eigenvalue weighted by atomic mass is 32.2. The molecule has 1 saturated heterocycles. The molecule has 3 nitrogen and oxygen atoms in total. The highest BCUT2D eigenvalue weighted by molar-refractivity contribution is 7.98. The minimum absolute atomic E-state index is 0.204. The maximum absolute atomic E-state index is 12.2. The highest BCUT2D eigenvalue weighted by Crippen LogP contribution is 2.15. The molecule has 0 aromatic carbocycles. The Morgan fingerprint density at radius 1 is 1.62 bits per heavy atom. The summed E-state index contributed by atoms with van der Waals surface area (Å²) < 4.78 is 0. The molecule has 0 spiro atoms. The lowest BCUT2D eigenvalue weighted by atomic mass is 9.97. The molecule has 0 aromatic rings. The van der Waals surface area contributed by atoms with Crippen molar-refractivity contribution in [2.75, 3.05) is 32.1 Å². The maximum atomic E-state index is 12.2. The number of carbonyl (C=O) groups is 1. The standard InChI is InChI=1S/C12H24N2OS/c1-10(6-8-16-3)14(2)12(15)11-5-4-7-13-9-11/h10-11,13H,4-9H2,1-3H3/t10?,11-/m1/s1. The number of carbonyl (C=O) groups excluding carboxylic acids is 1. The first-order chi connectivity index (χ1) is 7.66. The summed E-state index contributed by atoms with van der Waals surface area (Å²) >= 11 is 1.84. The zero-order valence-corrected chi connectivity index (χ0v) is 11.5. The van der Waals surface area contributed by atoms with E-state index in [0.29, 0.717) is 11.9 Å². The minimum Gasteiger partial charge on any atom is -0.343 e. The van der Waals surface area contributed by atoms with E-state index in [9.17, 15) is 4.79 Å². The Bertz CT molecular complexity index is 217. The molecular formula is C12H24N2OS. The van der Waals surface area contributed by atoms with Crippen LogP contribution in [0.2, 0.25) is 0 Å². The molecule has 1 unspecified atom stereocenters. The molecule has 0 radical (unpaired) electrons. The van der Waals surface area contributed by atoms with E-state index in [1.807, 2.05) is 23.7 Å². The van der Waals surface area contributed by atoms with Gasteiger partial charge in [0.05, 0.1) is 5.92 Å². The van der Waals surface area contributed by atoms with Gasteiger partial charge in [-0.25, -0.2) is 0 Å². The van der Waals surface area contributed by atoms with Crippen LogP contribution in [0.4, 0.5) is 0 Å². The van der Waals surface area contributed by atoms with Gasteiger partial charge < -0.3 is 10.2 Å². The summed E-state index contributed by atoms with van der Waals surface area (Å²) in [7, 11) is 1.95. The molecule has 16 heavy (non-hydrogen) atoms. The fourth-order valence-corrected chi connectivity index (χ4v) is 2.63. The van der Waals surface area contributed by atoms with Crippen molar-refractivity contribution < 1.29 is 4.79 Å². The zero-order valence-electron chi connectivity index (χ0n) is 10.7. The summed E-state index contributed by atoms with van der Waals surface area (Å²) in [6.07, 6.45) is 5.37. The van der Waals surface area contributed by atoms with Crippen molar-refractivity contribution in [1.82, 2.24) is 10.2 Å². The van der Waals surface area contributed by atoms with Crippen LogP contribution in [-0.2, 0) is 4.79 Å². The first kappa shape index (κ1) is 13.8. The molecule has 0 aromatic heterocycles. The number of piperidine rings is 1. The first-order valence-corrected chi connectivity index (χ1v) is 7.52. The Balaban J connectivity index is 2.38. The lowest BCUT2D eigenvalue weighted by molar-refractivity contribution is -0.136. The van der Waals surface area contributed by atoms with Gasteiger partial charge in [0.15, 0.2) is 0 Å². The third-order valence-corrected chi connectivity index (χ3v) is 4.04. The zero-order chi connectivity index (χ0) is 12.0. The number of nitrogens with zero attached hydrogens (tertiary/aromatic N) is 1. The van der Waals surface area contributed by atoms with Crippen molar-refractivity contribution in [2.24, 2.45) is 5.92 Å². The Morgan fingerprint density at radius 2 is 2.38 bits per heavy atom. The quantitative estimate of drug-likeness (QED) is 0.797. The van der Waals surface area contributed by atoms with E-state index in [1.165, 1.54) is 0 Å². The maximum Gasteiger partial charge on any atom is 0.226 e. The van der Waals surface area contributed by atoms with Crippen molar-refractivity contribution >= 4 is 17.7 Å². The lowest BCUT2D eigenvalue weighted by Crippen LogP contribution is -2.44. The summed E-state index contributed by atoms with van der Waals surface area (Å²) in [5.74, 6) is 1.65. The van der Waals surface area contributed by atoms with Crippen LogP contribution in [0.3, 0.4) is 0 Å². The molecule has 2 atom stereocenters. The van der Waals surface area contributed by atoms with E-state index in [4.69, 9.17) is 0 Å². The van der Waals surface area contributed by atoms with E-state index in [0.717, 1.165) is 38.1 Å². The van der Waals surface area contributed by atoms with Crippen LogP contribution in [0.25, 0.3) is 0 Å². The number of amides is 1. The smallest absolute Gasteiger partial charge is 0.226 e. The van der Waals surface area contributed by atoms with Gasteiger partial charge in [-0.3, -0.25) is 4.79 Å². The van der Waals surface area contributed by atoms with Gasteiger partial charge in [0.25, 0.3) is 0 Å². The lowest BCUT2D eigenvalue weighted by Gasteiger charge is -2.31. The summed E-state index contributed by atoms with van der Waals surface area (Å²) in [6, 6.07) is 0.363. The topological polar surface area (TPSA) is 32.3 Å². The van der Waals surface area contributed by atoms with Gasteiger partial charge in [-0.15, -0.1) is 0 Å². The Labute approximate surface area is 103 Å². The second-order valence-electron chi connectivity index (χ2n) is 4.62. The fourth-order valence-electron chi connectivity index (χ4n) is 2.05. The Morgan fingerprint density at radius 3 is 2.94 bits per heavy atom. The van der Waals surface area contributed by atoms with E-state index in [-0.39, 0.29) is 5.92 Å². The molecule has 1 rings (SSSR count). The van der Waals surface area contributed by atoms with Crippen LogP contribution in [0.5, 0.6) is 0 Å². The van der Waals surface area contributed by atoms with Gasteiger partial charge in [-0.05, 0) is 44.7 Å². The summed E-state index contributed by atoms with van der Waals surface area (Å²) in [5, 5.41) is 3.30. The van der Waals surface area contributed by atoms with Crippen LogP contribution in [0.15, 0.2) is 0 Å². The molecule has 1 aliphatic heterocycles. The van der Waals surface area contributed by atoms with Crippen molar-refractivity contribution in [3.8, 4) is 0 Å². The molecule has 1 amide bonds. The monoisotopic (exact) mass is 244 g/mol. The number of thioether (sulfide) groups is 1. The molecule has 4 heteroatoms. The molecule has 0 aliphatic carbocycles. The normalized spacial score (nSPS) is 22.8. The molecule has 1 N–H and O–H groups in total. The fraction of sp³-hybridized carbons (Fsp3) is 0.917. The van der Waals surface area contributed by atoms with E-state index in [2.05, 4.69) is 18.5 Å². The SMILES string of the molecule is CSCCC(C)N(C)C(=O)[C@@H]1CCCNC1. The summed E-state index contributed by atoms with van der Waals surface area (Å²) in [4.78, 5) is 14.1. The minimum atomic E-state index is 0.204. The van der Waals surface area contributed by atoms with E-state index >= 15 is 0 Å². The molecule has 1 fully saturated rings. The largest absolute Gasteiger partial charge is 0.343 e. The van der Waals surface area contributed by atoms with Gasteiger partial charge in [-0.1, -0.05) is 0 Å². The number of rotatable bonds is 5. The van der Waals surface area contributed by atoms with Crippen LogP contribution in [0, 0.1) is 5.92 Å². The number of nitrogens with one attached hydrogen (secondary N) is 1. The van der Waals surface area contributed by atoms with Crippen molar-refractivity contribution in [3.63, 3.8) is 0 Å². The molecule has 1 aliphatic rings. The van der Waals surface area contributed by atoms with Gasteiger partial charge in [0.1, 0.15) is 0 Å². The van der Waals surface area contributed by atoms with E-state index < -0.39 is 0 Å². The van der Waals surface area contributed by atoms with Crippen molar-refractivity contribution in [2.45, 2.75) is 32.2 Å². The van der Waals surface area contributed by atoms with Gasteiger partial charge in [0.2, 0.25) is 5.91 Å². The molecule has 94 valence electrons. The Hall–Kier alpha value is -0.220. The van der Waals surface area contributed by atoms with Crippen molar-refractivity contribution in [3.05, 3.63) is 0 Å². The molecule has 0 bridgehead atoms. The summed E-state index contributed by atoms with van der Waals surface area (Å²) in [6.45, 7) is 4.07. The highest BCUT2D eigenvalue weighted by Gasteiger charge is 2.25. The molecule has 1 heterocycles. The summed E-state index contributed by atoms with van der Waals surface area (Å²) in [5.41, 5.74) is 0. The predicted molar refractivity (Wildman–Crippen MR) is 70.8 cm³/mol. The second-order valence-corrected chi connectivity index (χ2v) is 5.61. The van der Waals surface area contributed by atoms with Crippen LogP contribution in [-0.4, -0.2) is 49.0 Å². The van der Waals surface area contributed by atoms with E-state index in [1.54, 1.807) is 0 Å².